The highest BCUT2D eigenvalue weighted by atomic mass is 19.1. The lowest BCUT2D eigenvalue weighted by Gasteiger charge is -2.23. The van der Waals surface area contributed by atoms with Crippen LogP contribution < -0.4 is 5.32 Å². The van der Waals surface area contributed by atoms with Gasteiger partial charge in [-0.25, -0.2) is 14.0 Å². The molecule has 6 heteroatoms. The first-order valence-electron chi connectivity index (χ1n) is 8.68. The largest absolute Gasteiger partial charge is 0.459 e. The van der Waals surface area contributed by atoms with E-state index in [1.54, 1.807) is 39.0 Å². The molecular formula is C21H24FNO4. The molecule has 1 amide bonds. The van der Waals surface area contributed by atoms with E-state index in [1.165, 1.54) is 6.07 Å². The molecule has 0 spiro atoms. The molecule has 0 saturated heterocycles. The van der Waals surface area contributed by atoms with Crippen molar-refractivity contribution in [1.29, 1.82) is 0 Å². The molecule has 0 aliphatic heterocycles. The molecule has 27 heavy (non-hydrogen) atoms. The second-order valence-corrected chi connectivity index (χ2v) is 7.09. The lowest BCUT2D eigenvalue weighted by Crippen LogP contribution is -2.45. The maximum atomic E-state index is 14.0. The van der Waals surface area contributed by atoms with Gasteiger partial charge in [0.15, 0.2) is 0 Å². The Balaban J connectivity index is 2.09. The number of benzene rings is 2. The van der Waals surface area contributed by atoms with Crippen LogP contribution in [0.4, 0.5) is 9.18 Å². The Morgan fingerprint density at radius 2 is 1.67 bits per heavy atom. The van der Waals surface area contributed by atoms with Crippen LogP contribution in [0.15, 0.2) is 54.6 Å². The zero-order chi connectivity index (χ0) is 19.9. The monoisotopic (exact) mass is 373 g/mol. The van der Waals surface area contributed by atoms with Crippen LogP contribution in [0.5, 0.6) is 0 Å². The van der Waals surface area contributed by atoms with Crippen LogP contribution in [-0.2, 0) is 27.3 Å². The molecule has 0 saturated carbocycles. The van der Waals surface area contributed by atoms with Gasteiger partial charge in [-0.1, -0.05) is 48.5 Å². The Morgan fingerprint density at radius 1 is 1.04 bits per heavy atom. The highest BCUT2D eigenvalue weighted by Gasteiger charge is 2.26. The molecule has 0 aromatic heterocycles. The average molecular weight is 373 g/mol. The molecule has 0 bridgehead atoms. The molecule has 0 fully saturated rings. The number of rotatable bonds is 6. The lowest BCUT2D eigenvalue weighted by atomic mass is 10.1. The van der Waals surface area contributed by atoms with Gasteiger partial charge in [-0.3, -0.25) is 0 Å². The first kappa shape index (κ1) is 20.4. The first-order valence-corrected chi connectivity index (χ1v) is 8.68. The third-order valence-electron chi connectivity index (χ3n) is 3.58. The SMILES string of the molecule is CC(C)(C)OC(=O)N[C@@H](Cc1ccccc1F)C(=O)OCc1ccccc1. The molecule has 0 aliphatic carbocycles. The summed E-state index contributed by atoms with van der Waals surface area (Å²) in [6, 6.07) is 14.2. The van der Waals surface area contributed by atoms with Crippen molar-refractivity contribution >= 4 is 12.1 Å². The van der Waals surface area contributed by atoms with E-state index in [9.17, 15) is 14.0 Å². The number of ether oxygens (including phenoxy) is 2. The quantitative estimate of drug-likeness (QED) is 0.777. The molecule has 5 nitrogen and oxygen atoms in total. The Hall–Kier alpha value is -2.89. The van der Waals surface area contributed by atoms with Gasteiger partial charge in [0.1, 0.15) is 24.1 Å². The van der Waals surface area contributed by atoms with Crippen molar-refractivity contribution in [3.8, 4) is 0 Å². The van der Waals surface area contributed by atoms with Crippen LogP contribution >= 0.6 is 0 Å². The predicted molar refractivity (Wildman–Crippen MR) is 99.5 cm³/mol. The van der Waals surface area contributed by atoms with Gasteiger partial charge in [-0.2, -0.15) is 0 Å². The molecule has 1 N–H and O–H groups in total. The van der Waals surface area contributed by atoms with Crippen LogP contribution in [-0.4, -0.2) is 23.7 Å². The van der Waals surface area contributed by atoms with E-state index in [0.717, 1.165) is 5.56 Å². The summed E-state index contributed by atoms with van der Waals surface area (Å²) < 4.78 is 24.5. The van der Waals surface area contributed by atoms with E-state index in [4.69, 9.17) is 9.47 Å². The van der Waals surface area contributed by atoms with Crippen molar-refractivity contribution in [1.82, 2.24) is 5.32 Å². The van der Waals surface area contributed by atoms with E-state index < -0.39 is 29.5 Å². The molecule has 2 aromatic carbocycles. The van der Waals surface area contributed by atoms with Gasteiger partial charge in [0.25, 0.3) is 0 Å². The average Bonchev–Trinajstić information content (AvgIpc) is 2.60. The second kappa shape index (κ2) is 9.16. The van der Waals surface area contributed by atoms with Crippen molar-refractivity contribution in [2.24, 2.45) is 0 Å². The van der Waals surface area contributed by atoms with Crippen LogP contribution in [0.1, 0.15) is 31.9 Å². The van der Waals surface area contributed by atoms with E-state index in [-0.39, 0.29) is 13.0 Å². The van der Waals surface area contributed by atoms with Crippen molar-refractivity contribution in [3.05, 3.63) is 71.5 Å². The van der Waals surface area contributed by atoms with Crippen molar-refractivity contribution in [2.45, 2.75) is 45.4 Å². The van der Waals surface area contributed by atoms with Crippen LogP contribution in [0.2, 0.25) is 0 Å². The first-order chi connectivity index (χ1) is 12.7. The fraction of sp³-hybridized carbons (Fsp3) is 0.333. The molecule has 0 heterocycles. The number of carbonyl (C=O) groups is 2. The molecule has 0 aliphatic rings. The van der Waals surface area contributed by atoms with Crippen LogP contribution in [0.25, 0.3) is 0 Å². The Morgan fingerprint density at radius 3 is 2.30 bits per heavy atom. The summed E-state index contributed by atoms with van der Waals surface area (Å²) in [6.07, 6.45) is -0.806. The zero-order valence-electron chi connectivity index (χ0n) is 15.7. The smallest absolute Gasteiger partial charge is 0.408 e. The molecule has 144 valence electrons. The molecule has 0 radical (unpaired) electrons. The van der Waals surface area contributed by atoms with Gasteiger partial charge in [0, 0.05) is 6.42 Å². The predicted octanol–water partition coefficient (Wildman–Crippen LogP) is 4.00. The minimum Gasteiger partial charge on any atom is -0.459 e. The van der Waals surface area contributed by atoms with Gasteiger partial charge in [-0.15, -0.1) is 0 Å². The fourth-order valence-corrected chi connectivity index (χ4v) is 2.36. The third kappa shape index (κ3) is 7.09. The Kier molecular flexibility index (Phi) is 6.93. The number of hydrogen-bond acceptors (Lipinski definition) is 4. The molecule has 2 rings (SSSR count). The van der Waals surface area contributed by atoms with Crippen molar-refractivity contribution in [2.75, 3.05) is 0 Å². The number of hydrogen-bond donors (Lipinski definition) is 1. The molecular weight excluding hydrogens is 349 g/mol. The molecule has 1 atom stereocenters. The summed E-state index contributed by atoms with van der Waals surface area (Å²) in [5, 5.41) is 2.48. The molecule has 0 unspecified atom stereocenters. The zero-order valence-corrected chi connectivity index (χ0v) is 15.7. The summed E-state index contributed by atoms with van der Waals surface area (Å²) in [6.45, 7) is 5.20. The van der Waals surface area contributed by atoms with Crippen molar-refractivity contribution in [3.63, 3.8) is 0 Å². The number of alkyl carbamates (subject to hydrolysis) is 1. The van der Waals surface area contributed by atoms with Crippen LogP contribution in [0.3, 0.4) is 0 Å². The summed E-state index contributed by atoms with van der Waals surface area (Å²) in [7, 11) is 0. The number of carbonyl (C=O) groups excluding carboxylic acids is 2. The van der Waals surface area contributed by atoms with Gasteiger partial charge >= 0.3 is 12.1 Å². The summed E-state index contributed by atoms with van der Waals surface area (Å²) >= 11 is 0. The van der Waals surface area contributed by atoms with E-state index in [1.807, 2.05) is 30.3 Å². The fourth-order valence-electron chi connectivity index (χ4n) is 2.36. The normalized spacial score (nSPS) is 12.1. The summed E-state index contributed by atoms with van der Waals surface area (Å²) in [4.78, 5) is 24.6. The number of halogens is 1. The third-order valence-corrected chi connectivity index (χ3v) is 3.58. The van der Waals surface area contributed by atoms with E-state index in [0.29, 0.717) is 5.56 Å². The Labute approximate surface area is 158 Å². The summed E-state index contributed by atoms with van der Waals surface area (Å²) in [5.74, 6) is -1.11. The number of nitrogens with one attached hydrogen (secondary N) is 1. The van der Waals surface area contributed by atoms with Gasteiger partial charge < -0.3 is 14.8 Å². The standard InChI is InChI=1S/C21H24FNO4/c1-21(2,3)27-20(25)23-18(13-16-11-7-8-12-17(16)22)19(24)26-14-15-9-5-4-6-10-15/h4-12,18H,13-14H2,1-3H3,(H,23,25)/t18-/m0/s1. The Bertz CT molecular complexity index is 771. The van der Waals surface area contributed by atoms with Crippen molar-refractivity contribution < 1.29 is 23.5 Å². The highest BCUT2D eigenvalue weighted by molar-refractivity contribution is 5.81. The van der Waals surface area contributed by atoms with Crippen LogP contribution in [0, 0.1) is 5.82 Å². The van der Waals surface area contributed by atoms with E-state index >= 15 is 0 Å². The topological polar surface area (TPSA) is 64.6 Å². The maximum absolute atomic E-state index is 14.0. The minimum atomic E-state index is -1.07. The van der Waals surface area contributed by atoms with E-state index in [2.05, 4.69) is 5.32 Å². The summed E-state index contributed by atoms with van der Waals surface area (Å²) in [5.41, 5.74) is 0.392. The van der Waals surface area contributed by atoms with Gasteiger partial charge in [0.2, 0.25) is 0 Å². The lowest BCUT2D eigenvalue weighted by molar-refractivity contribution is -0.147. The number of esters is 1. The maximum Gasteiger partial charge on any atom is 0.408 e. The second-order valence-electron chi connectivity index (χ2n) is 7.09. The highest BCUT2D eigenvalue weighted by Crippen LogP contribution is 2.13. The number of amides is 1. The van der Waals surface area contributed by atoms with Gasteiger partial charge in [-0.05, 0) is 38.0 Å². The molecule has 2 aromatic rings. The minimum absolute atomic E-state index is 0.0421. The van der Waals surface area contributed by atoms with Gasteiger partial charge in [0.05, 0.1) is 0 Å².